The molecule has 0 saturated heterocycles. The maximum Gasteiger partial charge on any atom is 0.118 e. The number of hydrogen-bond acceptors (Lipinski definition) is 6. The third kappa shape index (κ3) is 8.90. The van der Waals surface area contributed by atoms with E-state index in [4.69, 9.17) is 28.9 Å². The first-order chi connectivity index (χ1) is 29.5. The zero-order valence-corrected chi connectivity index (χ0v) is 35.8. The maximum absolute atomic E-state index is 5.50. The van der Waals surface area contributed by atoms with E-state index >= 15 is 0 Å². The van der Waals surface area contributed by atoms with Gasteiger partial charge in [0, 0.05) is 87.1 Å². The second kappa shape index (κ2) is 18.2. The van der Waals surface area contributed by atoms with E-state index in [1.54, 1.807) is 28.4 Å². The van der Waals surface area contributed by atoms with E-state index in [0.717, 1.165) is 107 Å². The van der Waals surface area contributed by atoms with Gasteiger partial charge in [0.2, 0.25) is 0 Å². The molecule has 0 atom stereocenters. The Morgan fingerprint density at radius 3 is 0.869 bits per heavy atom. The number of benzene rings is 4. The van der Waals surface area contributed by atoms with Crippen molar-refractivity contribution in [1.82, 2.24) is 19.9 Å². The van der Waals surface area contributed by atoms with Crippen LogP contribution in [0.4, 0.5) is 0 Å². The van der Waals surface area contributed by atoms with Crippen LogP contribution in [0.25, 0.3) is 46.4 Å². The molecule has 0 spiro atoms. The molecule has 8 bridgehead atoms. The minimum atomic E-state index is 0. The second-order valence-electron chi connectivity index (χ2n) is 15.0. The van der Waals surface area contributed by atoms with Gasteiger partial charge in [0.25, 0.3) is 0 Å². The van der Waals surface area contributed by atoms with E-state index in [0.29, 0.717) is 25.7 Å². The first-order valence-electron chi connectivity index (χ1n) is 20.1. The number of fused-ring (bicyclic) bond motifs is 8. The third-order valence-electron chi connectivity index (χ3n) is 11.3. The summed E-state index contributed by atoms with van der Waals surface area (Å²) in [5.41, 5.74) is 16.7. The van der Waals surface area contributed by atoms with Crippen LogP contribution >= 0.6 is 0 Å². The van der Waals surface area contributed by atoms with Crippen molar-refractivity contribution in [3.63, 3.8) is 0 Å². The van der Waals surface area contributed by atoms with E-state index in [1.165, 1.54) is 5.56 Å². The fraction of sp³-hybridized carbons (Fsp3) is 0.154. The summed E-state index contributed by atoms with van der Waals surface area (Å²) in [7, 11) is 6.77. The van der Waals surface area contributed by atoms with Crippen LogP contribution in [0, 0.1) is 0 Å². The first-order valence-corrected chi connectivity index (χ1v) is 20.1. The predicted molar refractivity (Wildman–Crippen MR) is 242 cm³/mol. The van der Waals surface area contributed by atoms with Crippen molar-refractivity contribution in [2.24, 2.45) is 0 Å². The molecule has 0 unspecified atom stereocenters. The Balaban J connectivity index is 0.00000514. The van der Waals surface area contributed by atoms with Crippen molar-refractivity contribution >= 4 is 46.4 Å². The Kier molecular flexibility index (Phi) is 12.2. The van der Waals surface area contributed by atoms with E-state index in [2.05, 4.69) is 107 Å². The van der Waals surface area contributed by atoms with E-state index < -0.39 is 0 Å². The minimum Gasteiger partial charge on any atom is -0.497 e. The smallest absolute Gasteiger partial charge is 0.118 e. The van der Waals surface area contributed by atoms with Crippen LogP contribution in [0.5, 0.6) is 23.0 Å². The molecule has 9 rings (SSSR count). The monoisotopic (exact) mass is 845 g/mol. The molecule has 0 amide bonds. The largest absolute Gasteiger partial charge is 0.497 e. The van der Waals surface area contributed by atoms with Gasteiger partial charge >= 0.3 is 0 Å². The minimum absolute atomic E-state index is 0. The summed E-state index contributed by atoms with van der Waals surface area (Å²) in [6, 6.07) is 41.8. The average Bonchev–Trinajstić information content (AvgIpc) is 4.15. The van der Waals surface area contributed by atoms with Gasteiger partial charge in [0.15, 0.2) is 0 Å². The molecule has 305 valence electrons. The Labute approximate surface area is 366 Å². The molecule has 5 heterocycles. The molecular weight excluding hydrogens is 800 g/mol. The molecule has 61 heavy (non-hydrogen) atoms. The molecule has 4 aromatic carbocycles. The predicted octanol–water partition coefficient (Wildman–Crippen LogP) is 11.1. The summed E-state index contributed by atoms with van der Waals surface area (Å²) >= 11 is 0. The van der Waals surface area contributed by atoms with Crippen LogP contribution in [-0.2, 0) is 42.8 Å². The number of aromatic amines is 2. The van der Waals surface area contributed by atoms with Gasteiger partial charge < -0.3 is 28.9 Å². The van der Waals surface area contributed by atoms with Gasteiger partial charge in [-0.3, -0.25) is 0 Å². The fourth-order valence-corrected chi connectivity index (χ4v) is 7.98. The van der Waals surface area contributed by atoms with Crippen LogP contribution in [0.15, 0.2) is 121 Å². The van der Waals surface area contributed by atoms with Crippen molar-refractivity contribution in [3.05, 3.63) is 189 Å². The van der Waals surface area contributed by atoms with Crippen molar-refractivity contribution in [1.29, 1.82) is 0 Å². The van der Waals surface area contributed by atoms with Crippen LogP contribution in [0.1, 0.15) is 67.3 Å². The molecule has 7 aromatic rings. The van der Waals surface area contributed by atoms with Gasteiger partial charge in [-0.2, -0.15) is 0 Å². The first kappa shape index (κ1) is 41.0. The Morgan fingerprint density at radius 2 is 0.574 bits per heavy atom. The summed E-state index contributed by atoms with van der Waals surface area (Å²) in [5, 5.41) is 0. The van der Waals surface area contributed by atoms with Crippen LogP contribution in [0.3, 0.4) is 0 Å². The van der Waals surface area contributed by atoms with Gasteiger partial charge in [-0.25, -0.2) is 9.97 Å². The molecule has 3 aromatic heterocycles. The van der Waals surface area contributed by atoms with E-state index in [9.17, 15) is 0 Å². The number of ether oxygens (including phenoxy) is 4. The second-order valence-corrected chi connectivity index (χ2v) is 15.0. The van der Waals surface area contributed by atoms with Gasteiger partial charge in [0.05, 0.1) is 51.2 Å². The standard InChI is InChI=1S/C52H46N4O4.Mn/c1-57-37-13-5-33(6-14-37)29-41-45-21-23-47(53-45)42(30-34-7-15-38(58-2)16-8-34)49-25-27-51(55-49)44(32-36-11-19-40(60-4)20-12-36)52-28-26-50(56-52)43(48-24-22-46(41)54-48)31-35-9-17-39(59-3)18-10-35;/h5-28,53-54H,29-32H2,1-4H3;. The molecule has 0 aliphatic carbocycles. The number of H-pyrrole nitrogens is 2. The molecule has 8 nitrogen and oxygen atoms in total. The number of hydrogen-bond donors (Lipinski definition) is 2. The molecule has 2 aliphatic heterocycles. The average molecular weight is 846 g/mol. The third-order valence-corrected chi connectivity index (χ3v) is 11.3. The van der Waals surface area contributed by atoms with Crippen LogP contribution in [0.2, 0.25) is 0 Å². The quantitative estimate of drug-likeness (QED) is 0.119. The summed E-state index contributed by atoms with van der Waals surface area (Å²) in [6.45, 7) is 0. The number of methoxy groups -OCH3 is 4. The zero-order valence-electron chi connectivity index (χ0n) is 34.6. The normalized spacial score (nSPS) is 11.6. The molecule has 2 aliphatic rings. The van der Waals surface area contributed by atoms with Gasteiger partial charge in [-0.15, -0.1) is 0 Å². The van der Waals surface area contributed by atoms with Crippen molar-refractivity contribution < 1.29 is 36.0 Å². The van der Waals surface area contributed by atoms with Crippen molar-refractivity contribution in [2.75, 3.05) is 28.4 Å². The van der Waals surface area contributed by atoms with Crippen LogP contribution < -0.4 is 18.9 Å². The molecule has 0 fully saturated rings. The number of aromatic nitrogens is 4. The topological polar surface area (TPSA) is 94.3 Å². The Morgan fingerprint density at radius 1 is 0.328 bits per heavy atom. The summed E-state index contributed by atoms with van der Waals surface area (Å²) in [4.78, 5) is 18.6. The Hall–Kier alpha value is -6.80. The fourth-order valence-electron chi connectivity index (χ4n) is 7.98. The summed E-state index contributed by atoms with van der Waals surface area (Å²) in [5.74, 6) is 3.29. The van der Waals surface area contributed by atoms with Gasteiger partial charge in [-0.05, 0) is 119 Å². The summed E-state index contributed by atoms with van der Waals surface area (Å²) < 4.78 is 22.0. The molecule has 1 radical (unpaired) electrons. The van der Waals surface area contributed by atoms with Gasteiger partial charge in [-0.1, -0.05) is 48.5 Å². The molecule has 0 saturated carbocycles. The summed E-state index contributed by atoms with van der Waals surface area (Å²) in [6.07, 6.45) is 11.2. The zero-order chi connectivity index (χ0) is 41.0. The number of nitrogens with zero attached hydrogens (tertiary/aromatic N) is 2. The van der Waals surface area contributed by atoms with E-state index in [1.807, 2.05) is 48.5 Å². The SMILES string of the molecule is COc1ccc(Cc2c3nc(c(Cc4ccc(OC)cc4)c4ccc([nH]4)c(Cc4ccc(OC)cc4)c4ccc([nH]4)c(Cc4ccc(OC)cc4)c4nc2C=C4)C=C3)cc1.[Mn]. The van der Waals surface area contributed by atoms with Crippen LogP contribution in [-0.4, -0.2) is 48.4 Å². The van der Waals surface area contributed by atoms with E-state index in [-0.39, 0.29) is 17.1 Å². The maximum atomic E-state index is 5.50. The molecular formula is C52H46MnN4O4. The number of rotatable bonds is 12. The van der Waals surface area contributed by atoms with Gasteiger partial charge in [0.1, 0.15) is 23.0 Å². The number of nitrogens with one attached hydrogen (secondary N) is 2. The molecule has 9 heteroatoms. The van der Waals surface area contributed by atoms with Crippen molar-refractivity contribution in [2.45, 2.75) is 25.7 Å². The molecule has 2 N–H and O–H groups in total. The van der Waals surface area contributed by atoms with Crippen molar-refractivity contribution in [3.8, 4) is 23.0 Å². The Bertz CT molecular complexity index is 2750.